The molecule has 2 atom stereocenters. The van der Waals surface area contributed by atoms with Crippen LogP contribution in [0.3, 0.4) is 0 Å². The maximum absolute atomic E-state index is 12.6. The number of hydrogen-bond acceptors (Lipinski definition) is 5. The lowest BCUT2D eigenvalue weighted by molar-refractivity contribution is -0.134. The molecule has 0 aliphatic carbocycles. The first-order valence-electron chi connectivity index (χ1n) is 9.49. The monoisotopic (exact) mass is 404 g/mol. The lowest BCUT2D eigenvalue weighted by Gasteiger charge is -2.39. The van der Waals surface area contributed by atoms with E-state index in [2.05, 4.69) is 42.1 Å². The minimum atomic E-state index is 0.244. The first-order chi connectivity index (χ1) is 13.0. The molecule has 2 heterocycles. The summed E-state index contributed by atoms with van der Waals surface area (Å²) >= 11 is 3.34. The fourth-order valence-corrected chi connectivity index (χ4v) is 4.94. The van der Waals surface area contributed by atoms with Gasteiger partial charge in [-0.05, 0) is 70.6 Å². The Morgan fingerprint density at radius 3 is 2.52 bits per heavy atom. The normalized spacial score (nSPS) is 20.1. The van der Waals surface area contributed by atoms with Gasteiger partial charge in [0.25, 0.3) is 0 Å². The Balaban J connectivity index is 1.58. The lowest BCUT2D eigenvalue weighted by Crippen LogP contribution is -2.48. The summed E-state index contributed by atoms with van der Waals surface area (Å²) in [5.74, 6) is 2.92. The van der Waals surface area contributed by atoms with Crippen LogP contribution in [0.25, 0.3) is 11.5 Å². The minimum Gasteiger partial charge on any atom is -0.441 e. The molecular formula is C21H28N2O2S2. The maximum Gasteiger partial charge on any atom is 0.233 e. The molecule has 0 radical (unpaired) electrons. The van der Waals surface area contributed by atoms with Crippen LogP contribution in [0.2, 0.25) is 0 Å². The molecule has 3 rings (SSSR count). The molecule has 1 aromatic heterocycles. The van der Waals surface area contributed by atoms with Crippen molar-refractivity contribution in [3.8, 4) is 11.5 Å². The highest BCUT2D eigenvalue weighted by Crippen LogP contribution is 2.27. The molecule has 4 nitrogen and oxygen atoms in total. The highest BCUT2D eigenvalue weighted by Gasteiger charge is 2.28. The molecule has 27 heavy (non-hydrogen) atoms. The summed E-state index contributed by atoms with van der Waals surface area (Å²) in [6.07, 6.45) is 5.51. The van der Waals surface area contributed by atoms with Gasteiger partial charge in [-0.1, -0.05) is 0 Å². The molecule has 0 bridgehead atoms. The highest BCUT2D eigenvalue weighted by atomic mass is 32.2. The first kappa shape index (κ1) is 20.3. The molecule has 1 saturated heterocycles. The van der Waals surface area contributed by atoms with E-state index in [1.807, 2.05) is 19.1 Å². The fourth-order valence-electron chi connectivity index (χ4n) is 3.64. The summed E-state index contributed by atoms with van der Waals surface area (Å²) in [4.78, 5) is 20.6. The molecule has 146 valence electrons. The number of carbonyl (C=O) groups excluding carboxylic acids is 1. The third-order valence-electron chi connectivity index (χ3n) is 5.18. The van der Waals surface area contributed by atoms with Crippen molar-refractivity contribution in [1.29, 1.82) is 0 Å². The van der Waals surface area contributed by atoms with Crippen LogP contribution in [-0.2, 0) is 10.5 Å². The number of rotatable bonds is 6. The molecule has 1 amide bonds. The standard InChI is InChI=1S/C21H28N2O2S2/c1-14-6-5-7-15(2)23(14)20(24)13-27-12-19-16(3)25-21(22-19)17-8-10-18(26-4)11-9-17/h8-11,14-15H,5-7,12-13H2,1-4H3. The van der Waals surface area contributed by atoms with Crippen LogP contribution >= 0.6 is 23.5 Å². The molecule has 0 saturated carbocycles. The van der Waals surface area contributed by atoms with Crippen LogP contribution in [0, 0.1) is 6.92 Å². The summed E-state index contributed by atoms with van der Waals surface area (Å²) in [7, 11) is 0. The lowest BCUT2D eigenvalue weighted by atomic mass is 9.98. The molecule has 1 fully saturated rings. The Hall–Kier alpha value is -1.40. The van der Waals surface area contributed by atoms with Crippen molar-refractivity contribution in [2.24, 2.45) is 0 Å². The number of piperidine rings is 1. The minimum absolute atomic E-state index is 0.244. The van der Waals surface area contributed by atoms with Gasteiger partial charge >= 0.3 is 0 Å². The Bertz CT molecular complexity index is 763. The van der Waals surface area contributed by atoms with Crippen molar-refractivity contribution in [1.82, 2.24) is 9.88 Å². The van der Waals surface area contributed by atoms with Crippen molar-refractivity contribution in [2.75, 3.05) is 12.0 Å². The molecular weight excluding hydrogens is 376 g/mol. The predicted molar refractivity (Wildman–Crippen MR) is 114 cm³/mol. The summed E-state index contributed by atoms with van der Waals surface area (Å²) in [5, 5.41) is 0. The second kappa shape index (κ2) is 9.20. The van der Waals surface area contributed by atoms with Crippen LogP contribution in [-0.4, -0.2) is 39.9 Å². The van der Waals surface area contributed by atoms with Crippen LogP contribution in [0.5, 0.6) is 0 Å². The van der Waals surface area contributed by atoms with Crippen molar-refractivity contribution in [2.45, 2.75) is 62.8 Å². The van der Waals surface area contributed by atoms with E-state index in [-0.39, 0.29) is 5.91 Å². The molecule has 6 heteroatoms. The van der Waals surface area contributed by atoms with Crippen LogP contribution < -0.4 is 0 Å². The number of nitrogens with zero attached hydrogens (tertiary/aromatic N) is 2. The molecule has 0 N–H and O–H groups in total. The topological polar surface area (TPSA) is 46.3 Å². The van der Waals surface area contributed by atoms with E-state index < -0.39 is 0 Å². The predicted octanol–water partition coefficient (Wildman–Crippen LogP) is 5.39. The summed E-state index contributed by atoms with van der Waals surface area (Å²) in [6.45, 7) is 6.27. The third-order valence-corrected chi connectivity index (χ3v) is 6.85. The second-order valence-electron chi connectivity index (χ2n) is 7.17. The summed E-state index contributed by atoms with van der Waals surface area (Å²) in [6, 6.07) is 8.94. The average Bonchev–Trinajstić information content (AvgIpc) is 3.02. The summed E-state index contributed by atoms with van der Waals surface area (Å²) in [5.41, 5.74) is 1.91. The zero-order valence-corrected chi connectivity index (χ0v) is 18.2. The zero-order valence-electron chi connectivity index (χ0n) is 16.5. The molecule has 1 aliphatic heterocycles. The van der Waals surface area contributed by atoms with Gasteiger partial charge in [0.1, 0.15) is 5.76 Å². The van der Waals surface area contributed by atoms with Gasteiger partial charge in [0.15, 0.2) is 0 Å². The number of aromatic nitrogens is 1. The number of oxazole rings is 1. The Labute approximate surface area is 170 Å². The smallest absolute Gasteiger partial charge is 0.233 e. The van der Waals surface area contributed by atoms with Crippen molar-refractivity contribution < 1.29 is 9.21 Å². The van der Waals surface area contributed by atoms with Crippen molar-refractivity contribution >= 4 is 29.4 Å². The quantitative estimate of drug-likeness (QED) is 0.604. The van der Waals surface area contributed by atoms with E-state index in [1.54, 1.807) is 23.5 Å². The summed E-state index contributed by atoms with van der Waals surface area (Å²) < 4.78 is 5.86. The molecule has 2 unspecified atom stereocenters. The highest BCUT2D eigenvalue weighted by molar-refractivity contribution is 7.99. The SMILES string of the molecule is CSc1ccc(-c2nc(CSCC(=O)N3C(C)CCCC3C)c(C)o2)cc1. The van der Waals surface area contributed by atoms with Crippen molar-refractivity contribution in [3.05, 3.63) is 35.7 Å². The van der Waals surface area contributed by atoms with Gasteiger partial charge in [0.2, 0.25) is 11.8 Å². The second-order valence-corrected chi connectivity index (χ2v) is 9.04. The van der Waals surface area contributed by atoms with E-state index in [0.29, 0.717) is 29.5 Å². The largest absolute Gasteiger partial charge is 0.441 e. The number of hydrogen-bond donors (Lipinski definition) is 0. The van der Waals surface area contributed by atoms with E-state index in [1.165, 1.54) is 11.3 Å². The molecule has 2 aromatic rings. The molecule has 1 aromatic carbocycles. The van der Waals surface area contributed by atoms with Gasteiger partial charge in [0, 0.05) is 28.3 Å². The van der Waals surface area contributed by atoms with Crippen molar-refractivity contribution in [3.63, 3.8) is 0 Å². The van der Waals surface area contributed by atoms with E-state index >= 15 is 0 Å². The van der Waals surface area contributed by atoms with E-state index in [9.17, 15) is 4.79 Å². The fraction of sp³-hybridized carbons (Fsp3) is 0.524. The van der Waals surface area contributed by atoms with Gasteiger partial charge < -0.3 is 9.32 Å². The Morgan fingerprint density at radius 1 is 1.22 bits per heavy atom. The number of benzene rings is 1. The van der Waals surface area contributed by atoms with Crippen LogP contribution in [0.4, 0.5) is 0 Å². The first-order valence-corrected chi connectivity index (χ1v) is 11.9. The Kier molecular flexibility index (Phi) is 6.93. The van der Waals surface area contributed by atoms with Gasteiger partial charge in [-0.25, -0.2) is 4.98 Å². The van der Waals surface area contributed by atoms with Gasteiger partial charge in [-0.3, -0.25) is 4.79 Å². The molecule has 1 aliphatic rings. The van der Waals surface area contributed by atoms with Crippen LogP contribution in [0.15, 0.2) is 33.6 Å². The number of amides is 1. The Morgan fingerprint density at radius 2 is 1.89 bits per heavy atom. The van der Waals surface area contributed by atoms with Gasteiger partial charge in [-0.15, -0.1) is 23.5 Å². The number of likely N-dealkylation sites (tertiary alicyclic amines) is 1. The van der Waals surface area contributed by atoms with Gasteiger partial charge in [-0.2, -0.15) is 0 Å². The maximum atomic E-state index is 12.6. The number of thioether (sulfide) groups is 2. The van der Waals surface area contributed by atoms with Crippen LogP contribution in [0.1, 0.15) is 44.6 Å². The molecule has 0 spiro atoms. The van der Waals surface area contributed by atoms with E-state index in [0.717, 1.165) is 29.9 Å². The number of aryl methyl sites for hydroxylation is 1. The van der Waals surface area contributed by atoms with Gasteiger partial charge in [0.05, 0.1) is 11.4 Å². The zero-order chi connectivity index (χ0) is 19.4. The number of carbonyl (C=O) groups is 1. The van der Waals surface area contributed by atoms with E-state index in [4.69, 9.17) is 4.42 Å². The third kappa shape index (κ3) is 4.91. The average molecular weight is 405 g/mol.